The number of pyridine rings is 1. The molecule has 0 saturated carbocycles. The Morgan fingerprint density at radius 2 is 2.00 bits per heavy atom. The minimum atomic E-state index is -1.49. The van der Waals surface area contributed by atoms with E-state index < -0.39 is 11.9 Å². The first-order valence-corrected chi connectivity index (χ1v) is 3.73. The van der Waals surface area contributed by atoms with Crippen LogP contribution in [0.25, 0.3) is 11.4 Å². The Bertz CT molecular complexity index is 457. The summed E-state index contributed by atoms with van der Waals surface area (Å²) in [6.45, 7) is 0. The molecular weight excluding hydrogens is 193 g/mol. The zero-order valence-corrected chi connectivity index (χ0v) is 7.88. The molecule has 2 aromatic rings. The number of hydrogen-bond donors (Lipinski definition) is 0. The van der Waals surface area contributed by atoms with E-state index in [0.717, 1.165) is 0 Å². The van der Waals surface area contributed by atoms with E-state index in [2.05, 4.69) is 19.6 Å². The molecule has 0 fully saturated rings. The Morgan fingerprint density at radius 1 is 1.33 bits per heavy atom. The van der Waals surface area contributed by atoms with Gasteiger partial charge in [0.15, 0.2) is 0 Å². The third kappa shape index (κ3) is 2.43. The van der Waals surface area contributed by atoms with E-state index in [9.17, 15) is 9.90 Å². The van der Waals surface area contributed by atoms with Crippen LogP contribution in [0.5, 0.6) is 0 Å². The zero-order chi connectivity index (χ0) is 9.97. The van der Waals surface area contributed by atoms with Gasteiger partial charge in [-0.1, -0.05) is 5.16 Å². The van der Waals surface area contributed by atoms with Gasteiger partial charge in [-0.2, -0.15) is 4.98 Å². The molecule has 0 atom stereocenters. The van der Waals surface area contributed by atoms with Crippen molar-refractivity contribution >= 4 is 5.97 Å². The minimum Gasteiger partial charge on any atom is -0.540 e. The Balaban J connectivity index is 0.00000112. The largest absolute Gasteiger partial charge is 1.00 e. The summed E-state index contributed by atoms with van der Waals surface area (Å²) in [4.78, 5) is 17.7. The minimum absolute atomic E-state index is 0. The maximum absolute atomic E-state index is 10.3. The molecule has 7 heteroatoms. The molecule has 15 heavy (non-hydrogen) atoms. The standard InChI is InChI=1S/C8H5N3O3.Li/c12-8(13)7-10-6(11-14-7)5-1-3-9-4-2-5;/h1-4H,(H,12,13);/q;+1/p-1. The maximum atomic E-state index is 10.3. The van der Waals surface area contributed by atoms with Crippen LogP contribution >= 0.6 is 0 Å². The molecular formula is C8H4LiN3O3. The van der Waals surface area contributed by atoms with Crippen LogP contribution in [0.4, 0.5) is 0 Å². The van der Waals surface area contributed by atoms with Crippen LogP contribution in [0, 0.1) is 0 Å². The van der Waals surface area contributed by atoms with E-state index in [1.807, 2.05) is 0 Å². The van der Waals surface area contributed by atoms with Crippen molar-refractivity contribution in [2.45, 2.75) is 0 Å². The van der Waals surface area contributed by atoms with Crippen molar-refractivity contribution < 1.29 is 33.3 Å². The van der Waals surface area contributed by atoms with Gasteiger partial charge in [-0.05, 0) is 12.1 Å². The van der Waals surface area contributed by atoms with Crippen molar-refractivity contribution in [3.8, 4) is 11.4 Å². The molecule has 0 saturated heterocycles. The van der Waals surface area contributed by atoms with Crippen LogP contribution in [-0.4, -0.2) is 21.1 Å². The number of carbonyl (C=O) groups is 1. The van der Waals surface area contributed by atoms with Crippen LogP contribution in [-0.2, 0) is 0 Å². The molecule has 0 amide bonds. The van der Waals surface area contributed by atoms with E-state index in [1.165, 1.54) is 0 Å². The second-order valence-electron chi connectivity index (χ2n) is 2.45. The molecule has 0 bridgehead atoms. The van der Waals surface area contributed by atoms with Crippen molar-refractivity contribution in [2.75, 3.05) is 0 Å². The fourth-order valence-electron chi connectivity index (χ4n) is 0.925. The maximum Gasteiger partial charge on any atom is 1.00 e. The number of aromatic nitrogens is 3. The second kappa shape index (κ2) is 4.73. The molecule has 2 rings (SSSR count). The number of carboxylic acids is 1. The number of carboxylic acid groups (broad SMARTS) is 1. The SMILES string of the molecule is O=C([O-])c1nc(-c2ccncc2)no1.[Li+]. The van der Waals surface area contributed by atoms with E-state index in [4.69, 9.17) is 0 Å². The quantitative estimate of drug-likeness (QED) is 0.464. The monoisotopic (exact) mass is 197 g/mol. The number of nitrogens with zero attached hydrogens (tertiary/aromatic N) is 3. The number of aromatic carboxylic acids is 1. The van der Waals surface area contributed by atoms with Crippen molar-refractivity contribution in [1.82, 2.24) is 15.1 Å². The van der Waals surface area contributed by atoms with Crippen molar-refractivity contribution in [3.05, 3.63) is 30.4 Å². The molecule has 0 spiro atoms. The Hall–Kier alpha value is -1.64. The number of rotatable bonds is 2. The average molecular weight is 197 g/mol. The second-order valence-corrected chi connectivity index (χ2v) is 2.45. The summed E-state index contributed by atoms with van der Waals surface area (Å²) in [5.74, 6) is -1.82. The van der Waals surface area contributed by atoms with Gasteiger partial charge in [0.1, 0.15) is 5.97 Å². The van der Waals surface area contributed by atoms with Gasteiger partial charge >= 0.3 is 18.9 Å². The summed E-state index contributed by atoms with van der Waals surface area (Å²) in [7, 11) is 0. The predicted octanol–water partition coefficient (Wildman–Crippen LogP) is -3.50. The van der Waals surface area contributed by atoms with E-state index in [1.54, 1.807) is 24.5 Å². The zero-order valence-electron chi connectivity index (χ0n) is 7.88. The molecule has 70 valence electrons. The summed E-state index contributed by atoms with van der Waals surface area (Å²) in [6, 6.07) is 3.29. The predicted molar refractivity (Wildman–Crippen MR) is 41.9 cm³/mol. The fourth-order valence-corrected chi connectivity index (χ4v) is 0.925. The van der Waals surface area contributed by atoms with E-state index in [0.29, 0.717) is 5.56 Å². The topological polar surface area (TPSA) is 91.9 Å². The van der Waals surface area contributed by atoms with Crippen molar-refractivity contribution in [2.24, 2.45) is 0 Å². The molecule has 0 unspecified atom stereocenters. The molecule has 0 aliphatic heterocycles. The first-order valence-electron chi connectivity index (χ1n) is 3.73. The van der Waals surface area contributed by atoms with Gasteiger partial charge in [-0.3, -0.25) is 4.98 Å². The van der Waals surface area contributed by atoms with Crippen LogP contribution in [0.15, 0.2) is 29.0 Å². The van der Waals surface area contributed by atoms with E-state index in [-0.39, 0.29) is 24.7 Å². The smallest absolute Gasteiger partial charge is 0.540 e. The van der Waals surface area contributed by atoms with Crippen molar-refractivity contribution in [3.63, 3.8) is 0 Å². The van der Waals surface area contributed by atoms with Gasteiger partial charge in [0.25, 0.3) is 5.89 Å². The summed E-state index contributed by atoms with van der Waals surface area (Å²) in [6.07, 6.45) is 3.09. The summed E-state index contributed by atoms with van der Waals surface area (Å²) in [5, 5.41) is 13.8. The number of hydrogen-bond acceptors (Lipinski definition) is 6. The molecule has 0 radical (unpaired) electrons. The summed E-state index contributed by atoms with van der Waals surface area (Å²) in [5.41, 5.74) is 0.635. The average Bonchev–Trinajstić information content (AvgIpc) is 2.68. The van der Waals surface area contributed by atoms with Gasteiger partial charge < -0.3 is 14.4 Å². The molecule has 0 aromatic carbocycles. The molecule has 2 aromatic heterocycles. The first-order chi connectivity index (χ1) is 6.77. The summed E-state index contributed by atoms with van der Waals surface area (Å²) >= 11 is 0. The van der Waals surface area contributed by atoms with Gasteiger partial charge in [-0.25, -0.2) is 0 Å². The molecule has 0 aliphatic rings. The molecule has 0 N–H and O–H groups in total. The van der Waals surface area contributed by atoms with Gasteiger partial charge in [0.05, 0.1) is 0 Å². The van der Waals surface area contributed by atoms with Gasteiger partial charge in [0, 0.05) is 18.0 Å². The Kier molecular flexibility index (Phi) is 3.60. The normalized spacial score (nSPS) is 9.33. The number of carbonyl (C=O) groups excluding carboxylic acids is 1. The van der Waals surface area contributed by atoms with Crippen LogP contribution < -0.4 is 24.0 Å². The first kappa shape index (κ1) is 11.4. The van der Waals surface area contributed by atoms with Crippen LogP contribution in [0.3, 0.4) is 0 Å². The van der Waals surface area contributed by atoms with Crippen LogP contribution in [0.2, 0.25) is 0 Å². The Morgan fingerprint density at radius 3 is 2.53 bits per heavy atom. The van der Waals surface area contributed by atoms with Crippen molar-refractivity contribution in [1.29, 1.82) is 0 Å². The molecule has 2 heterocycles. The van der Waals surface area contributed by atoms with Crippen LogP contribution in [0.1, 0.15) is 10.7 Å². The fraction of sp³-hybridized carbons (Fsp3) is 0. The van der Waals surface area contributed by atoms with E-state index >= 15 is 0 Å². The third-order valence-electron chi connectivity index (χ3n) is 1.54. The summed E-state index contributed by atoms with van der Waals surface area (Å²) < 4.78 is 4.44. The third-order valence-corrected chi connectivity index (χ3v) is 1.54. The van der Waals surface area contributed by atoms with Gasteiger partial charge in [-0.15, -0.1) is 0 Å². The molecule has 0 aliphatic carbocycles. The molecule has 6 nitrogen and oxygen atoms in total. The van der Waals surface area contributed by atoms with Gasteiger partial charge in [0.2, 0.25) is 5.82 Å². The Labute approximate surface area is 96.5 Å².